The van der Waals surface area contributed by atoms with Crippen molar-refractivity contribution in [3.63, 3.8) is 0 Å². The molecular formula is C13H12ClN3O2. The highest BCUT2D eigenvalue weighted by atomic mass is 35.5. The van der Waals surface area contributed by atoms with Crippen molar-refractivity contribution in [1.82, 2.24) is 4.98 Å². The van der Waals surface area contributed by atoms with Gasteiger partial charge in [-0.05, 0) is 37.3 Å². The maximum atomic E-state index is 11.0. The summed E-state index contributed by atoms with van der Waals surface area (Å²) in [5.74, 6) is -0.600. The Morgan fingerprint density at radius 2 is 2.11 bits per heavy atom. The van der Waals surface area contributed by atoms with Crippen LogP contribution in [0, 0.1) is 6.92 Å². The third-order valence-corrected chi connectivity index (χ3v) is 2.85. The topological polar surface area (TPSA) is 88.2 Å². The Morgan fingerprint density at radius 3 is 2.79 bits per heavy atom. The van der Waals surface area contributed by atoms with Gasteiger partial charge >= 0.3 is 5.97 Å². The SMILES string of the molecule is Cc1ccc(N)c(Nc2ccc(Cl)c(C(=O)O)c2)n1. The molecule has 0 aliphatic heterocycles. The van der Waals surface area contributed by atoms with Gasteiger partial charge in [-0.2, -0.15) is 0 Å². The van der Waals surface area contributed by atoms with Crippen molar-refractivity contribution in [3.05, 3.63) is 46.6 Å². The standard InChI is InChI=1S/C13H12ClN3O2/c1-7-2-5-11(15)12(16-7)17-8-3-4-10(14)9(6-8)13(18)19/h2-6H,15H2,1H3,(H,16,17)(H,18,19). The van der Waals surface area contributed by atoms with Gasteiger partial charge in [0.15, 0.2) is 5.82 Å². The van der Waals surface area contributed by atoms with Gasteiger partial charge < -0.3 is 16.2 Å². The molecule has 2 rings (SSSR count). The van der Waals surface area contributed by atoms with Crippen molar-refractivity contribution >= 4 is 34.8 Å². The first-order valence-electron chi connectivity index (χ1n) is 5.50. The lowest BCUT2D eigenvalue weighted by atomic mass is 10.2. The Morgan fingerprint density at radius 1 is 1.37 bits per heavy atom. The Hall–Kier alpha value is -2.27. The van der Waals surface area contributed by atoms with Crippen molar-refractivity contribution in [1.29, 1.82) is 0 Å². The fourth-order valence-electron chi connectivity index (χ4n) is 1.57. The number of anilines is 3. The molecule has 0 aliphatic carbocycles. The summed E-state index contributed by atoms with van der Waals surface area (Å²) in [6.07, 6.45) is 0. The van der Waals surface area contributed by atoms with Crippen LogP contribution in [0.25, 0.3) is 0 Å². The zero-order chi connectivity index (χ0) is 14.0. The normalized spacial score (nSPS) is 10.2. The zero-order valence-corrected chi connectivity index (χ0v) is 10.9. The molecule has 0 atom stereocenters. The summed E-state index contributed by atoms with van der Waals surface area (Å²) in [5, 5.41) is 12.2. The zero-order valence-electron chi connectivity index (χ0n) is 10.1. The number of hydrogen-bond acceptors (Lipinski definition) is 4. The minimum absolute atomic E-state index is 0.0258. The van der Waals surface area contributed by atoms with Crippen LogP contribution in [-0.2, 0) is 0 Å². The van der Waals surface area contributed by atoms with Crippen LogP contribution in [0.1, 0.15) is 16.1 Å². The van der Waals surface area contributed by atoms with Crippen LogP contribution >= 0.6 is 11.6 Å². The first kappa shape index (κ1) is 13.2. The van der Waals surface area contributed by atoms with E-state index in [1.54, 1.807) is 18.2 Å². The second-order valence-electron chi connectivity index (χ2n) is 4.02. The van der Waals surface area contributed by atoms with E-state index in [0.29, 0.717) is 17.2 Å². The number of carboxylic acids is 1. The largest absolute Gasteiger partial charge is 0.478 e. The molecule has 1 aromatic carbocycles. The van der Waals surface area contributed by atoms with Gasteiger partial charge in [0.25, 0.3) is 0 Å². The maximum absolute atomic E-state index is 11.0. The van der Waals surface area contributed by atoms with Crippen LogP contribution in [0.2, 0.25) is 5.02 Å². The van der Waals surface area contributed by atoms with Crippen molar-refractivity contribution in [2.24, 2.45) is 0 Å². The number of halogens is 1. The van der Waals surface area contributed by atoms with E-state index < -0.39 is 5.97 Å². The maximum Gasteiger partial charge on any atom is 0.337 e. The first-order valence-corrected chi connectivity index (χ1v) is 5.88. The van der Waals surface area contributed by atoms with Crippen molar-refractivity contribution < 1.29 is 9.90 Å². The molecule has 0 bridgehead atoms. The van der Waals surface area contributed by atoms with Crippen LogP contribution < -0.4 is 11.1 Å². The van der Waals surface area contributed by atoms with Gasteiger partial charge in [0.2, 0.25) is 0 Å². The molecule has 4 N–H and O–H groups in total. The monoisotopic (exact) mass is 277 g/mol. The van der Waals surface area contributed by atoms with E-state index in [4.69, 9.17) is 22.4 Å². The molecule has 98 valence electrons. The van der Waals surface area contributed by atoms with Gasteiger partial charge in [0.05, 0.1) is 16.3 Å². The van der Waals surface area contributed by atoms with Crippen molar-refractivity contribution in [3.8, 4) is 0 Å². The molecule has 6 heteroatoms. The number of nitrogens with one attached hydrogen (secondary N) is 1. The number of nitrogen functional groups attached to an aromatic ring is 1. The first-order chi connectivity index (χ1) is 8.97. The van der Waals surface area contributed by atoms with Gasteiger partial charge in [-0.15, -0.1) is 0 Å². The number of pyridine rings is 1. The van der Waals surface area contributed by atoms with Gasteiger partial charge in [-0.3, -0.25) is 0 Å². The molecule has 2 aromatic rings. The second kappa shape index (κ2) is 5.16. The summed E-state index contributed by atoms with van der Waals surface area (Å²) in [6.45, 7) is 1.84. The number of nitrogens with zero attached hydrogens (tertiary/aromatic N) is 1. The number of carboxylic acid groups (broad SMARTS) is 1. The van der Waals surface area contributed by atoms with Crippen LogP contribution in [0.15, 0.2) is 30.3 Å². The number of benzene rings is 1. The van der Waals surface area contributed by atoms with Gasteiger partial charge in [0.1, 0.15) is 0 Å². The van der Waals surface area contributed by atoms with Crippen LogP contribution in [0.4, 0.5) is 17.2 Å². The minimum atomic E-state index is -1.08. The van der Waals surface area contributed by atoms with E-state index in [-0.39, 0.29) is 10.6 Å². The molecule has 0 fully saturated rings. The second-order valence-corrected chi connectivity index (χ2v) is 4.42. The van der Waals surface area contributed by atoms with Crippen molar-refractivity contribution in [2.45, 2.75) is 6.92 Å². The lowest BCUT2D eigenvalue weighted by Gasteiger charge is -2.10. The van der Waals surface area contributed by atoms with E-state index in [1.165, 1.54) is 12.1 Å². The quantitative estimate of drug-likeness (QED) is 0.802. The number of rotatable bonds is 3. The molecule has 5 nitrogen and oxygen atoms in total. The van der Waals surface area contributed by atoms with E-state index in [9.17, 15) is 4.79 Å². The molecule has 0 saturated carbocycles. The van der Waals surface area contributed by atoms with Crippen molar-refractivity contribution in [2.75, 3.05) is 11.1 Å². The Labute approximate surface area is 115 Å². The van der Waals surface area contributed by atoms with Gasteiger partial charge in [-0.1, -0.05) is 11.6 Å². The summed E-state index contributed by atoms with van der Waals surface area (Å²) < 4.78 is 0. The molecule has 0 aliphatic rings. The number of nitrogens with two attached hydrogens (primary N) is 1. The van der Waals surface area contributed by atoms with E-state index in [2.05, 4.69) is 10.3 Å². The predicted octanol–water partition coefficient (Wildman–Crippen LogP) is 3.07. The molecule has 0 amide bonds. The highest BCUT2D eigenvalue weighted by molar-refractivity contribution is 6.33. The lowest BCUT2D eigenvalue weighted by Crippen LogP contribution is -2.02. The van der Waals surface area contributed by atoms with E-state index in [0.717, 1.165) is 5.69 Å². The molecule has 0 radical (unpaired) electrons. The summed E-state index contributed by atoms with van der Waals surface area (Å²) in [5.41, 5.74) is 7.68. The number of aromatic carboxylic acids is 1. The molecule has 0 unspecified atom stereocenters. The fourth-order valence-corrected chi connectivity index (χ4v) is 1.77. The number of hydrogen-bond donors (Lipinski definition) is 3. The van der Waals surface area contributed by atoms with E-state index >= 15 is 0 Å². The Bertz CT molecular complexity index is 644. The van der Waals surface area contributed by atoms with Crippen LogP contribution in [-0.4, -0.2) is 16.1 Å². The average molecular weight is 278 g/mol. The van der Waals surface area contributed by atoms with Gasteiger partial charge in [-0.25, -0.2) is 9.78 Å². The summed E-state index contributed by atoms with van der Waals surface area (Å²) >= 11 is 5.80. The average Bonchev–Trinajstić information content (AvgIpc) is 2.36. The lowest BCUT2D eigenvalue weighted by molar-refractivity contribution is 0.0697. The van der Waals surface area contributed by atoms with Gasteiger partial charge in [0, 0.05) is 11.4 Å². The number of aryl methyl sites for hydroxylation is 1. The molecule has 1 heterocycles. The van der Waals surface area contributed by atoms with E-state index in [1.807, 2.05) is 6.92 Å². The highest BCUT2D eigenvalue weighted by Gasteiger charge is 2.10. The molecule has 0 saturated heterocycles. The smallest absolute Gasteiger partial charge is 0.337 e. The molecule has 19 heavy (non-hydrogen) atoms. The number of carbonyl (C=O) groups is 1. The predicted molar refractivity (Wildman–Crippen MR) is 75.1 cm³/mol. The Kier molecular flexibility index (Phi) is 3.57. The van der Waals surface area contributed by atoms with Crippen LogP contribution in [0.3, 0.4) is 0 Å². The summed E-state index contributed by atoms with van der Waals surface area (Å²) in [7, 11) is 0. The highest BCUT2D eigenvalue weighted by Crippen LogP contribution is 2.25. The summed E-state index contributed by atoms with van der Waals surface area (Å²) in [6, 6.07) is 8.15. The minimum Gasteiger partial charge on any atom is -0.478 e. The Balaban J connectivity index is 2.36. The third-order valence-electron chi connectivity index (χ3n) is 2.53. The molecule has 0 spiro atoms. The summed E-state index contributed by atoms with van der Waals surface area (Å²) in [4.78, 5) is 15.2. The number of aromatic nitrogens is 1. The molecule has 1 aromatic heterocycles. The third kappa shape index (κ3) is 2.95. The van der Waals surface area contributed by atoms with Crippen LogP contribution in [0.5, 0.6) is 0 Å². The fraction of sp³-hybridized carbons (Fsp3) is 0.0769. The molecular weight excluding hydrogens is 266 g/mol.